The summed E-state index contributed by atoms with van der Waals surface area (Å²) in [5.41, 5.74) is -0.572. The molecule has 1 N–H and O–H groups in total. The number of amides is 1. The van der Waals surface area contributed by atoms with E-state index in [4.69, 9.17) is 0 Å². The van der Waals surface area contributed by atoms with Crippen molar-refractivity contribution in [2.24, 2.45) is 0 Å². The quantitative estimate of drug-likeness (QED) is 0.531. The first kappa shape index (κ1) is 17.4. The molecule has 130 valence electrons. The lowest BCUT2D eigenvalue weighted by Crippen LogP contribution is -2.48. The molecule has 1 aromatic rings. The number of aromatic nitrogens is 3. The molecular formula is C13H16N4O7. The number of ether oxygens (including phenoxy) is 3. The largest absolute Gasteiger partial charge is 0.467 e. The molecule has 0 aromatic carbocycles. The van der Waals surface area contributed by atoms with Gasteiger partial charge in [0.15, 0.2) is 5.69 Å². The molecular weight excluding hydrogens is 324 g/mol. The van der Waals surface area contributed by atoms with Crippen molar-refractivity contribution in [3.8, 4) is 0 Å². The monoisotopic (exact) mass is 340 g/mol. The number of piperidine rings is 1. The van der Waals surface area contributed by atoms with Crippen molar-refractivity contribution in [1.29, 1.82) is 0 Å². The fourth-order valence-electron chi connectivity index (χ4n) is 2.44. The minimum absolute atomic E-state index is 0.0541. The third-order valence-corrected chi connectivity index (χ3v) is 3.55. The molecule has 11 nitrogen and oxygen atoms in total. The Hall–Kier alpha value is -2.98. The first-order valence-electron chi connectivity index (χ1n) is 6.91. The Kier molecular flexibility index (Phi) is 5.11. The van der Waals surface area contributed by atoms with Gasteiger partial charge in [0.05, 0.1) is 27.4 Å². The molecule has 11 heteroatoms. The summed E-state index contributed by atoms with van der Waals surface area (Å²) in [4.78, 5) is 47.3. The summed E-state index contributed by atoms with van der Waals surface area (Å²) in [5, 5.41) is 9.89. The van der Waals surface area contributed by atoms with Crippen LogP contribution >= 0.6 is 0 Å². The van der Waals surface area contributed by atoms with E-state index in [-0.39, 0.29) is 24.2 Å². The van der Waals surface area contributed by atoms with E-state index in [9.17, 15) is 19.2 Å². The molecule has 2 heterocycles. The highest BCUT2D eigenvalue weighted by molar-refractivity contribution is 6.00. The zero-order chi connectivity index (χ0) is 17.9. The van der Waals surface area contributed by atoms with E-state index < -0.39 is 35.9 Å². The van der Waals surface area contributed by atoms with E-state index >= 15 is 0 Å². The molecule has 0 radical (unpaired) electrons. The van der Waals surface area contributed by atoms with Gasteiger partial charge in [0.1, 0.15) is 6.04 Å². The fourth-order valence-corrected chi connectivity index (χ4v) is 2.44. The van der Waals surface area contributed by atoms with Gasteiger partial charge >= 0.3 is 17.9 Å². The van der Waals surface area contributed by atoms with Crippen molar-refractivity contribution in [2.75, 3.05) is 21.3 Å². The molecule has 0 spiro atoms. The van der Waals surface area contributed by atoms with Crippen LogP contribution in [-0.4, -0.2) is 66.2 Å². The van der Waals surface area contributed by atoms with Gasteiger partial charge in [0.25, 0.3) is 0 Å². The number of methoxy groups -OCH3 is 3. The summed E-state index contributed by atoms with van der Waals surface area (Å²) >= 11 is 0. The number of rotatable bonds is 4. The number of hydrogen-bond donors (Lipinski definition) is 1. The molecule has 1 saturated heterocycles. The Balaban J connectivity index is 2.41. The van der Waals surface area contributed by atoms with Crippen LogP contribution in [0.5, 0.6) is 0 Å². The van der Waals surface area contributed by atoms with E-state index in [1.54, 1.807) is 0 Å². The number of nitrogens with one attached hydrogen (secondary N) is 1. The van der Waals surface area contributed by atoms with Gasteiger partial charge in [0, 0.05) is 12.8 Å². The SMILES string of the molecule is COC(=O)c1nnn(C2CC(=O)NC(C(=O)OC)C2)c1C(=O)OC. The molecule has 24 heavy (non-hydrogen) atoms. The van der Waals surface area contributed by atoms with Crippen molar-refractivity contribution in [3.63, 3.8) is 0 Å². The van der Waals surface area contributed by atoms with Crippen LogP contribution in [0.4, 0.5) is 0 Å². The van der Waals surface area contributed by atoms with Crippen LogP contribution in [0, 0.1) is 0 Å². The smallest absolute Gasteiger partial charge is 0.361 e. The van der Waals surface area contributed by atoms with Gasteiger partial charge in [-0.2, -0.15) is 0 Å². The molecule has 2 atom stereocenters. The predicted molar refractivity (Wildman–Crippen MR) is 74.9 cm³/mol. The van der Waals surface area contributed by atoms with Crippen LogP contribution in [-0.2, 0) is 23.8 Å². The summed E-state index contributed by atoms with van der Waals surface area (Å²) in [7, 11) is 3.46. The topological polar surface area (TPSA) is 139 Å². The lowest BCUT2D eigenvalue weighted by Gasteiger charge is -2.28. The first-order chi connectivity index (χ1) is 11.4. The van der Waals surface area contributed by atoms with Gasteiger partial charge in [-0.1, -0.05) is 5.21 Å². The number of esters is 3. The molecule has 1 aromatic heterocycles. The van der Waals surface area contributed by atoms with Gasteiger partial charge in [-0.05, 0) is 0 Å². The molecule has 1 aliphatic heterocycles. The van der Waals surface area contributed by atoms with Crippen LogP contribution in [0.1, 0.15) is 39.9 Å². The van der Waals surface area contributed by atoms with Crippen molar-refractivity contribution in [1.82, 2.24) is 20.3 Å². The minimum Gasteiger partial charge on any atom is -0.467 e. The first-order valence-corrected chi connectivity index (χ1v) is 6.91. The van der Waals surface area contributed by atoms with Gasteiger partial charge in [0.2, 0.25) is 11.6 Å². The van der Waals surface area contributed by atoms with Gasteiger partial charge in [-0.25, -0.2) is 19.1 Å². The summed E-state index contributed by atoms with van der Waals surface area (Å²) in [6.45, 7) is 0. The van der Waals surface area contributed by atoms with Crippen LogP contribution in [0.2, 0.25) is 0 Å². The van der Waals surface area contributed by atoms with Crippen LogP contribution in [0.25, 0.3) is 0 Å². The highest BCUT2D eigenvalue weighted by Crippen LogP contribution is 2.25. The zero-order valence-electron chi connectivity index (χ0n) is 13.3. The van der Waals surface area contributed by atoms with Crippen molar-refractivity contribution in [2.45, 2.75) is 24.9 Å². The Morgan fingerprint density at radius 2 is 1.79 bits per heavy atom. The number of hydrogen-bond acceptors (Lipinski definition) is 9. The Morgan fingerprint density at radius 1 is 1.12 bits per heavy atom. The molecule has 2 unspecified atom stereocenters. The van der Waals surface area contributed by atoms with Crippen molar-refractivity contribution >= 4 is 23.8 Å². The number of carbonyl (C=O) groups is 4. The van der Waals surface area contributed by atoms with Gasteiger partial charge in [-0.3, -0.25) is 4.79 Å². The van der Waals surface area contributed by atoms with Gasteiger partial charge in [-0.15, -0.1) is 5.10 Å². The molecule has 1 aliphatic rings. The summed E-state index contributed by atoms with van der Waals surface area (Å²) < 4.78 is 14.9. The Morgan fingerprint density at radius 3 is 2.38 bits per heavy atom. The second kappa shape index (κ2) is 7.06. The lowest BCUT2D eigenvalue weighted by atomic mass is 9.98. The van der Waals surface area contributed by atoms with Gasteiger partial charge < -0.3 is 19.5 Å². The standard InChI is InChI=1S/C13H16N4O7/c1-22-11(19)7-4-6(5-8(18)14-7)17-10(13(21)24-3)9(15-16-17)12(20)23-2/h6-7H,4-5H2,1-3H3,(H,14,18). The molecule has 0 bridgehead atoms. The third-order valence-electron chi connectivity index (χ3n) is 3.55. The van der Waals surface area contributed by atoms with E-state index in [1.165, 1.54) is 7.11 Å². The van der Waals surface area contributed by atoms with Crippen molar-refractivity contribution < 1.29 is 33.4 Å². The average molecular weight is 340 g/mol. The Bertz CT molecular complexity index is 684. The average Bonchev–Trinajstić information content (AvgIpc) is 3.04. The molecule has 1 fully saturated rings. The van der Waals surface area contributed by atoms with E-state index in [0.29, 0.717) is 0 Å². The fraction of sp³-hybridized carbons (Fsp3) is 0.538. The molecule has 1 amide bonds. The summed E-state index contributed by atoms with van der Waals surface area (Å²) in [6.07, 6.45) is 0.0633. The highest BCUT2D eigenvalue weighted by atomic mass is 16.5. The maximum Gasteiger partial charge on any atom is 0.361 e. The van der Waals surface area contributed by atoms with Crippen LogP contribution in [0.3, 0.4) is 0 Å². The number of carbonyl (C=O) groups excluding carboxylic acids is 4. The van der Waals surface area contributed by atoms with E-state index in [0.717, 1.165) is 18.9 Å². The Labute approximate surface area is 136 Å². The second-order valence-corrected chi connectivity index (χ2v) is 4.95. The van der Waals surface area contributed by atoms with E-state index in [2.05, 4.69) is 29.8 Å². The summed E-state index contributed by atoms with van der Waals surface area (Å²) in [5.74, 6) is -2.78. The van der Waals surface area contributed by atoms with Crippen LogP contribution < -0.4 is 5.32 Å². The molecule has 2 rings (SSSR count). The minimum atomic E-state index is -0.891. The number of nitrogens with zero attached hydrogens (tertiary/aromatic N) is 3. The third kappa shape index (κ3) is 3.19. The molecule has 0 aliphatic carbocycles. The highest BCUT2D eigenvalue weighted by Gasteiger charge is 2.37. The predicted octanol–water partition coefficient (Wildman–Crippen LogP) is -1.16. The molecule has 0 saturated carbocycles. The second-order valence-electron chi connectivity index (χ2n) is 4.95. The lowest BCUT2D eigenvalue weighted by molar-refractivity contribution is -0.147. The summed E-state index contributed by atoms with van der Waals surface area (Å²) in [6, 6.07) is -1.57. The normalized spacial score (nSPS) is 20.0. The maximum absolute atomic E-state index is 12.0. The zero-order valence-corrected chi connectivity index (χ0v) is 13.3. The van der Waals surface area contributed by atoms with E-state index in [1.807, 2.05) is 0 Å². The maximum atomic E-state index is 12.0. The van der Waals surface area contributed by atoms with Crippen LogP contribution in [0.15, 0.2) is 0 Å². The van der Waals surface area contributed by atoms with Crippen molar-refractivity contribution in [3.05, 3.63) is 11.4 Å².